The number of imidazole rings is 1. The van der Waals surface area contributed by atoms with E-state index in [0.717, 1.165) is 28.8 Å². The molecule has 30 heavy (non-hydrogen) atoms. The SMILES string of the molecule is CCc1nc2ccc(C(=O)C(N)c3cccc[n+]3[O-])cc2n1Cc1ccccc1Cl. The van der Waals surface area contributed by atoms with Gasteiger partial charge in [-0.05, 0) is 35.9 Å². The fraction of sp³-hybridized carbons (Fsp3) is 0.174. The number of rotatable bonds is 6. The first kappa shape index (κ1) is 20.1. The lowest BCUT2D eigenvalue weighted by Crippen LogP contribution is -2.38. The van der Waals surface area contributed by atoms with Gasteiger partial charge in [0, 0.05) is 29.1 Å². The summed E-state index contributed by atoms with van der Waals surface area (Å²) in [7, 11) is 0. The molecule has 0 bridgehead atoms. The number of nitrogens with zero attached hydrogens (tertiary/aromatic N) is 3. The molecule has 1 unspecified atom stereocenters. The van der Waals surface area contributed by atoms with Gasteiger partial charge in [0.1, 0.15) is 5.82 Å². The molecule has 0 aliphatic rings. The molecule has 2 N–H and O–H groups in total. The number of nitrogens with two attached hydrogens (primary N) is 1. The normalized spacial score (nSPS) is 12.2. The van der Waals surface area contributed by atoms with Crippen molar-refractivity contribution in [2.75, 3.05) is 0 Å². The summed E-state index contributed by atoms with van der Waals surface area (Å²) in [6, 6.07) is 16.8. The molecule has 0 saturated heterocycles. The maximum atomic E-state index is 13.0. The number of aryl methyl sites for hydroxylation is 1. The summed E-state index contributed by atoms with van der Waals surface area (Å²) in [5, 5.41) is 12.7. The van der Waals surface area contributed by atoms with Crippen LogP contribution in [-0.2, 0) is 13.0 Å². The highest BCUT2D eigenvalue weighted by atomic mass is 35.5. The van der Waals surface area contributed by atoms with E-state index in [9.17, 15) is 10.0 Å². The van der Waals surface area contributed by atoms with E-state index < -0.39 is 6.04 Å². The van der Waals surface area contributed by atoms with Crippen LogP contribution in [-0.4, -0.2) is 15.3 Å². The number of benzene rings is 2. The van der Waals surface area contributed by atoms with Crippen molar-refractivity contribution < 1.29 is 9.52 Å². The quantitative estimate of drug-likeness (QED) is 0.292. The van der Waals surface area contributed by atoms with E-state index in [0.29, 0.717) is 21.9 Å². The molecule has 2 aromatic carbocycles. The van der Waals surface area contributed by atoms with Crippen LogP contribution in [0, 0.1) is 5.21 Å². The smallest absolute Gasteiger partial charge is 0.217 e. The molecule has 4 aromatic rings. The molecular formula is C23H21ClN4O2. The van der Waals surface area contributed by atoms with Crippen LogP contribution in [0.25, 0.3) is 11.0 Å². The molecule has 6 nitrogen and oxygen atoms in total. The van der Waals surface area contributed by atoms with Crippen LogP contribution in [0.2, 0.25) is 5.02 Å². The van der Waals surface area contributed by atoms with Crippen molar-refractivity contribution in [1.82, 2.24) is 9.55 Å². The largest absolute Gasteiger partial charge is 0.618 e. The third kappa shape index (κ3) is 3.67. The first-order chi connectivity index (χ1) is 14.5. The van der Waals surface area contributed by atoms with Crippen molar-refractivity contribution >= 4 is 28.4 Å². The van der Waals surface area contributed by atoms with Gasteiger partial charge in [0.05, 0.1) is 17.6 Å². The molecule has 0 spiro atoms. The molecule has 2 aromatic heterocycles. The highest BCUT2D eigenvalue weighted by molar-refractivity contribution is 6.31. The van der Waals surface area contributed by atoms with E-state index in [2.05, 4.69) is 4.57 Å². The number of ketones is 1. The summed E-state index contributed by atoms with van der Waals surface area (Å²) < 4.78 is 2.69. The molecule has 7 heteroatoms. The number of aromatic nitrogens is 3. The molecule has 2 heterocycles. The molecular weight excluding hydrogens is 400 g/mol. The second kappa shape index (κ2) is 8.26. The Morgan fingerprint density at radius 2 is 1.97 bits per heavy atom. The Morgan fingerprint density at radius 1 is 1.20 bits per heavy atom. The van der Waals surface area contributed by atoms with Crippen molar-refractivity contribution in [3.63, 3.8) is 0 Å². The van der Waals surface area contributed by atoms with E-state index in [1.54, 1.807) is 30.3 Å². The van der Waals surface area contributed by atoms with Gasteiger partial charge >= 0.3 is 0 Å². The Balaban J connectivity index is 1.75. The van der Waals surface area contributed by atoms with Gasteiger partial charge in [-0.25, -0.2) is 4.98 Å². The number of carbonyl (C=O) groups is 1. The first-order valence-electron chi connectivity index (χ1n) is 9.70. The third-order valence-corrected chi connectivity index (χ3v) is 5.54. The zero-order valence-corrected chi connectivity index (χ0v) is 17.2. The summed E-state index contributed by atoms with van der Waals surface area (Å²) in [6.07, 6.45) is 2.07. The highest BCUT2D eigenvalue weighted by Gasteiger charge is 2.25. The lowest BCUT2D eigenvalue weighted by Gasteiger charge is -2.12. The van der Waals surface area contributed by atoms with Crippen molar-refractivity contribution in [2.24, 2.45) is 5.73 Å². The van der Waals surface area contributed by atoms with Crippen molar-refractivity contribution in [3.8, 4) is 0 Å². The van der Waals surface area contributed by atoms with Crippen LogP contribution in [0.3, 0.4) is 0 Å². The zero-order valence-electron chi connectivity index (χ0n) is 16.5. The Kier molecular flexibility index (Phi) is 5.53. The number of carbonyl (C=O) groups excluding carboxylic acids is 1. The summed E-state index contributed by atoms with van der Waals surface area (Å²) >= 11 is 6.36. The fourth-order valence-corrected chi connectivity index (χ4v) is 3.76. The van der Waals surface area contributed by atoms with Crippen LogP contribution in [0.5, 0.6) is 0 Å². The predicted molar refractivity (Wildman–Crippen MR) is 116 cm³/mol. The van der Waals surface area contributed by atoms with Gasteiger partial charge in [-0.2, -0.15) is 4.73 Å². The van der Waals surface area contributed by atoms with E-state index in [4.69, 9.17) is 22.3 Å². The van der Waals surface area contributed by atoms with E-state index in [1.807, 2.05) is 37.3 Å². The summed E-state index contributed by atoms with van der Waals surface area (Å²) in [5.74, 6) is 0.579. The number of halogens is 1. The lowest BCUT2D eigenvalue weighted by molar-refractivity contribution is -0.614. The van der Waals surface area contributed by atoms with Gasteiger partial charge in [-0.3, -0.25) is 4.79 Å². The molecule has 4 rings (SSSR count). The van der Waals surface area contributed by atoms with Gasteiger partial charge in [0.25, 0.3) is 0 Å². The third-order valence-electron chi connectivity index (χ3n) is 5.17. The van der Waals surface area contributed by atoms with Gasteiger partial charge in [0.2, 0.25) is 5.69 Å². The van der Waals surface area contributed by atoms with Crippen LogP contribution < -0.4 is 10.5 Å². The van der Waals surface area contributed by atoms with Crippen LogP contribution >= 0.6 is 11.6 Å². The fourth-order valence-electron chi connectivity index (χ4n) is 3.57. The Hall–Kier alpha value is -3.22. The number of Topliss-reactive ketones (excluding diaryl/α,β-unsaturated/α-hetero) is 1. The molecule has 152 valence electrons. The van der Waals surface area contributed by atoms with E-state index >= 15 is 0 Å². The van der Waals surface area contributed by atoms with Gasteiger partial charge in [0.15, 0.2) is 18.0 Å². The second-order valence-electron chi connectivity index (χ2n) is 7.06. The molecule has 1 atom stereocenters. The molecule has 0 aliphatic carbocycles. The maximum absolute atomic E-state index is 13.0. The number of hydrogen-bond donors (Lipinski definition) is 1. The lowest BCUT2D eigenvalue weighted by atomic mass is 10.0. The second-order valence-corrected chi connectivity index (χ2v) is 7.46. The van der Waals surface area contributed by atoms with Gasteiger partial charge in [-0.15, -0.1) is 0 Å². The predicted octanol–water partition coefficient (Wildman–Crippen LogP) is 3.82. The Morgan fingerprint density at radius 3 is 2.70 bits per heavy atom. The number of pyridine rings is 1. The van der Waals surface area contributed by atoms with Crippen LogP contribution in [0.15, 0.2) is 66.9 Å². The zero-order chi connectivity index (χ0) is 21.3. The summed E-state index contributed by atoms with van der Waals surface area (Å²) in [5.41, 5.74) is 9.35. The molecule has 0 fully saturated rings. The molecule has 0 saturated carbocycles. The number of fused-ring (bicyclic) bond motifs is 1. The highest BCUT2D eigenvalue weighted by Crippen LogP contribution is 2.24. The standard InChI is InChI=1S/C23H21ClN4O2/c1-2-21-26-18-11-10-15(23(29)22(25)19-9-5-6-12-28(19)30)13-20(18)27(21)14-16-7-3-4-8-17(16)24/h3-13,22H,2,14,25H2,1H3. The molecule has 0 amide bonds. The summed E-state index contributed by atoms with van der Waals surface area (Å²) in [6.45, 7) is 2.58. The van der Waals surface area contributed by atoms with Gasteiger partial charge < -0.3 is 15.5 Å². The van der Waals surface area contributed by atoms with Crippen molar-refractivity contribution in [3.05, 3.63) is 99.7 Å². The Labute approximate surface area is 179 Å². The molecule has 0 aliphatic heterocycles. The minimum absolute atomic E-state index is 0.210. The first-order valence-corrected chi connectivity index (χ1v) is 10.1. The average molecular weight is 421 g/mol. The Bertz CT molecular complexity index is 1240. The van der Waals surface area contributed by atoms with Crippen molar-refractivity contribution in [2.45, 2.75) is 25.9 Å². The average Bonchev–Trinajstić information content (AvgIpc) is 3.11. The summed E-state index contributed by atoms with van der Waals surface area (Å²) in [4.78, 5) is 17.7. The maximum Gasteiger partial charge on any atom is 0.217 e. The monoisotopic (exact) mass is 420 g/mol. The van der Waals surface area contributed by atoms with E-state index in [-0.39, 0.29) is 11.5 Å². The van der Waals surface area contributed by atoms with Crippen molar-refractivity contribution in [1.29, 1.82) is 0 Å². The topological polar surface area (TPSA) is 87.8 Å². The minimum atomic E-state index is -1.05. The van der Waals surface area contributed by atoms with Gasteiger partial charge in [-0.1, -0.05) is 36.7 Å². The van der Waals surface area contributed by atoms with Crippen LogP contribution in [0.1, 0.15) is 40.4 Å². The van der Waals surface area contributed by atoms with E-state index in [1.165, 1.54) is 6.20 Å². The number of hydrogen-bond acceptors (Lipinski definition) is 4. The van der Waals surface area contributed by atoms with Crippen LogP contribution in [0.4, 0.5) is 0 Å². The molecule has 0 radical (unpaired) electrons. The minimum Gasteiger partial charge on any atom is -0.618 e.